The largest absolute Gasteiger partial charge is 0.326 e. The van der Waals surface area contributed by atoms with E-state index < -0.39 is 0 Å². The van der Waals surface area contributed by atoms with Gasteiger partial charge in [0.25, 0.3) is 0 Å². The maximum atomic E-state index is 12.5. The number of imidazole rings is 1. The van der Waals surface area contributed by atoms with Crippen molar-refractivity contribution in [1.82, 2.24) is 9.38 Å². The lowest BCUT2D eigenvalue weighted by Crippen LogP contribution is -2.13. The van der Waals surface area contributed by atoms with Crippen LogP contribution < -0.4 is 5.32 Å². The summed E-state index contributed by atoms with van der Waals surface area (Å²) in [5.74, 6) is 0.00846. The number of hydrogen-bond donors (Lipinski definition) is 1. The van der Waals surface area contributed by atoms with Gasteiger partial charge in [0.2, 0.25) is 5.91 Å². The highest BCUT2D eigenvalue weighted by Gasteiger charge is 2.15. The minimum Gasteiger partial charge on any atom is -0.326 e. The van der Waals surface area contributed by atoms with Crippen molar-refractivity contribution in [3.05, 3.63) is 90.3 Å². The zero-order valence-corrected chi connectivity index (χ0v) is 15.9. The number of aromatic nitrogens is 2. The first kappa shape index (κ1) is 18.0. The third kappa shape index (κ3) is 3.81. The summed E-state index contributed by atoms with van der Waals surface area (Å²) in [7, 11) is 0. The Hall–Kier alpha value is -3.40. The Labute approximate surface area is 164 Å². The van der Waals surface area contributed by atoms with E-state index in [0.717, 1.165) is 34.7 Å². The topological polar surface area (TPSA) is 46.4 Å². The molecule has 2 heterocycles. The van der Waals surface area contributed by atoms with E-state index in [9.17, 15) is 4.79 Å². The van der Waals surface area contributed by atoms with Crippen LogP contribution in [0.25, 0.3) is 16.9 Å². The van der Waals surface area contributed by atoms with E-state index >= 15 is 0 Å². The van der Waals surface area contributed by atoms with Crippen LogP contribution in [0.1, 0.15) is 24.6 Å². The Bertz CT molecular complexity index is 1080. The molecular formula is C24H23N3O. The maximum Gasteiger partial charge on any atom is 0.224 e. The fourth-order valence-electron chi connectivity index (χ4n) is 3.39. The number of aryl methyl sites for hydroxylation is 2. The second-order valence-electron chi connectivity index (χ2n) is 6.80. The molecule has 0 atom stereocenters. The minimum atomic E-state index is 0.00846. The van der Waals surface area contributed by atoms with Crippen LogP contribution in [-0.2, 0) is 17.6 Å². The zero-order valence-electron chi connectivity index (χ0n) is 15.9. The van der Waals surface area contributed by atoms with Crippen LogP contribution in [0, 0.1) is 0 Å². The molecule has 0 saturated heterocycles. The predicted octanol–water partition coefficient (Wildman–Crippen LogP) is 5.14. The Morgan fingerprint density at radius 1 is 0.964 bits per heavy atom. The van der Waals surface area contributed by atoms with Crippen LogP contribution in [0.5, 0.6) is 0 Å². The highest BCUT2D eigenvalue weighted by Crippen LogP contribution is 2.25. The molecule has 4 aromatic rings. The lowest BCUT2D eigenvalue weighted by Gasteiger charge is -2.08. The van der Waals surface area contributed by atoms with E-state index in [-0.39, 0.29) is 5.91 Å². The highest BCUT2D eigenvalue weighted by atomic mass is 16.1. The molecule has 4 rings (SSSR count). The van der Waals surface area contributed by atoms with Gasteiger partial charge in [0.05, 0.1) is 11.4 Å². The van der Waals surface area contributed by atoms with E-state index in [4.69, 9.17) is 4.98 Å². The summed E-state index contributed by atoms with van der Waals surface area (Å²) in [6, 6.07) is 24.1. The van der Waals surface area contributed by atoms with Crippen molar-refractivity contribution < 1.29 is 4.79 Å². The van der Waals surface area contributed by atoms with Gasteiger partial charge in [-0.15, -0.1) is 0 Å². The normalized spacial score (nSPS) is 10.9. The standard InChI is InChI=1S/C24H23N3O/c1-2-18-11-13-20(14-12-18)25-23(28)16-15-21-24(19-8-4-3-5-9-19)26-22-10-6-7-17-27(21)22/h3-14,17H,2,15-16H2,1H3,(H,25,28). The molecule has 0 aliphatic carbocycles. The first-order valence-corrected chi connectivity index (χ1v) is 9.65. The van der Waals surface area contributed by atoms with E-state index in [1.165, 1.54) is 5.56 Å². The number of fused-ring (bicyclic) bond motifs is 1. The molecule has 4 nitrogen and oxygen atoms in total. The number of nitrogens with one attached hydrogen (secondary N) is 1. The number of nitrogens with zero attached hydrogens (tertiary/aromatic N) is 2. The summed E-state index contributed by atoms with van der Waals surface area (Å²) in [5.41, 5.74) is 6.05. The molecule has 1 amide bonds. The quantitative estimate of drug-likeness (QED) is 0.512. The lowest BCUT2D eigenvalue weighted by molar-refractivity contribution is -0.116. The molecule has 0 bridgehead atoms. The third-order valence-electron chi connectivity index (χ3n) is 4.91. The number of rotatable bonds is 6. The van der Waals surface area contributed by atoms with Crippen molar-refractivity contribution in [3.8, 4) is 11.3 Å². The Balaban J connectivity index is 1.54. The zero-order chi connectivity index (χ0) is 19.3. The number of benzene rings is 2. The van der Waals surface area contributed by atoms with Gasteiger partial charge in [0.15, 0.2) is 0 Å². The molecule has 0 fully saturated rings. The van der Waals surface area contributed by atoms with Crippen LogP contribution in [0.4, 0.5) is 5.69 Å². The fourth-order valence-corrected chi connectivity index (χ4v) is 3.39. The summed E-state index contributed by atoms with van der Waals surface area (Å²) in [6.07, 6.45) is 4.02. The van der Waals surface area contributed by atoms with E-state index in [1.807, 2.05) is 66.9 Å². The molecule has 2 aromatic heterocycles. The van der Waals surface area contributed by atoms with Gasteiger partial charge in [-0.25, -0.2) is 4.98 Å². The van der Waals surface area contributed by atoms with E-state index in [0.29, 0.717) is 12.8 Å². The van der Waals surface area contributed by atoms with Gasteiger partial charge in [-0.2, -0.15) is 0 Å². The van der Waals surface area contributed by atoms with Crippen molar-refractivity contribution in [3.63, 3.8) is 0 Å². The lowest BCUT2D eigenvalue weighted by atomic mass is 10.1. The number of pyridine rings is 1. The first-order valence-electron chi connectivity index (χ1n) is 9.65. The van der Waals surface area contributed by atoms with E-state index in [2.05, 4.69) is 28.8 Å². The molecule has 0 saturated carbocycles. The molecule has 1 N–H and O–H groups in total. The first-order chi connectivity index (χ1) is 13.7. The van der Waals surface area contributed by atoms with Crippen LogP contribution in [0.15, 0.2) is 79.0 Å². The fraction of sp³-hybridized carbons (Fsp3) is 0.167. The van der Waals surface area contributed by atoms with Gasteiger partial charge in [-0.3, -0.25) is 4.79 Å². The monoisotopic (exact) mass is 369 g/mol. The van der Waals surface area contributed by atoms with Crippen LogP contribution in [-0.4, -0.2) is 15.3 Å². The molecular weight excluding hydrogens is 346 g/mol. The number of carbonyl (C=O) groups is 1. The van der Waals surface area contributed by atoms with Crippen LogP contribution in [0.2, 0.25) is 0 Å². The van der Waals surface area contributed by atoms with Crippen molar-refractivity contribution >= 4 is 17.2 Å². The average Bonchev–Trinajstić information content (AvgIpc) is 3.12. The van der Waals surface area contributed by atoms with Gasteiger partial charge >= 0.3 is 0 Å². The molecule has 0 unspecified atom stereocenters. The summed E-state index contributed by atoms with van der Waals surface area (Å²) < 4.78 is 2.08. The van der Waals surface area contributed by atoms with Crippen molar-refractivity contribution in [2.45, 2.75) is 26.2 Å². The average molecular weight is 369 g/mol. The molecule has 4 heteroatoms. The predicted molar refractivity (Wildman–Crippen MR) is 113 cm³/mol. The van der Waals surface area contributed by atoms with Crippen LogP contribution in [0.3, 0.4) is 0 Å². The molecule has 0 spiro atoms. The van der Waals surface area contributed by atoms with Gasteiger partial charge in [0, 0.05) is 23.9 Å². The Morgan fingerprint density at radius 3 is 2.46 bits per heavy atom. The van der Waals surface area contributed by atoms with Gasteiger partial charge in [0.1, 0.15) is 5.65 Å². The van der Waals surface area contributed by atoms with Crippen molar-refractivity contribution in [1.29, 1.82) is 0 Å². The van der Waals surface area contributed by atoms with Crippen molar-refractivity contribution in [2.75, 3.05) is 5.32 Å². The second-order valence-corrected chi connectivity index (χ2v) is 6.80. The van der Waals surface area contributed by atoms with Crippen LogP contribution >= 0.6 is 0 Å². The summed E-state index contributed by atoms with van der Waals surface area (Å²) in [6.45, 7) is 2.12. The number of carbonyl (C=O) groups excluding carboxylic acids is 1. The summed E-state index contributed by atoms with van der Waals surface area (Å²) >= 11 is 0. The summed E-state index contributed by atoms with van der Waals surface area (Å²) in [4.78, 5) is 17.3. The number of hydrogen-bond acceptors (Lipinski definition) is 2. The molecule has 0 aliphatic heterocycles. The Morgan fingerprint density at radius 2 is 1.71 bits per heavy atom. The third-order valence-corrected chi connectivity index (χ3v) is 4.91. The van der Waals surface area contributed by atoms with Gasteiger partial charge < -0.3 is 9.72 Å². The summed E-state index contributed by atoms with van der Waals surface area (Å²) in [5, 5.41) is 2.99. The Kier molecular flexibility index (Phi) is 5.20. The SMILES string of the molecule is CCc1ccc(NC(=O)CCc2c(-c3ccccc3)nc3ccccn23)cc1. The van der Waals surface area contributed by atoms with Gasteiger partial charge in [-0.1, -0.05) is 55.5 Å². The minimum absolute atomic E-state index is 0.00846. The molecule has 140 valence electrons. The molecule has 2 aromatic carbocycles. The van der Waals surface area contributed by atoms with Gasteiger partial charge in [-0.05, 0) is 42.7 Å². The highest BCUT2D eigenvalue weighted by molar-refractivity contribution is 5.91. The van der Waals surface area contributed by atoms with E-state index in [1.54, 1.807) is 0 Å². The molecule has 0 radical (unpaired) electrons. The molecule has 28 heavy (non-hydrogen) atoms. The number of amides is 1. The number of anilines is 1. The molecule has 0 aliphatic rings. The second kappa shape index (κ2) is 8.09. The van der Waals surface area contributed by atoms with Crippen molar-refractivity contribution in [2.24, 2.45) is 0 Å². The smallest absolute Gasteiger partial charge is 0.224 e. The maximum absolute atomic E-state index is 12.5.